The van der Waals surface area contributed by atoms with Crippen LogP contribution in [0.25, 0.3) is 22.5 Å². The Bertz CT molecular complexity index is 1240. The Morgan fingerprint density at radius 1 is 0.970 bits per heavy atom. The van der Waals surface area contributed by atoms with Gasteiger partial charge in [0, 0.05) is 28.3 Å². The van der Waals surface area contributed by atoms with Crippen LogP contribution in [0.3, 0.4) is 0 Å². The molecule has 0 fully saturated rings. The second-order valence-electron chi connectivity index (χ2n) is 8.91. The number of amides is 1. The van der Waals surface area contributed by atoms with Gasteiger partial charge in [0.25, 0.3) is 5.91 Å². The second kappa shape index (κ2) is 9.45. The number of hydrogen-bond donors (Lipinski definition) is 2. The first-order chi connectivity index (χ1) is 16.2. The predicted octanol–water partition coefficient (Wildman–Crippen LogP) is 5.98. The zero-order chi connectivity index (χ0) is 22.6. The lowest BCUT2D eigenvalue weighted by atomic mass is 9.99. The van der Waals surface area contributed by atoms with Crippen molar-refractivity contribution in [3.63, 3.8) is 0 Å². The van der Waals surface area contributed by atoms with Gasteiger partial charge in [-0.3, -0.25) is 9.89 Å². The first-order valence-electron chi connectivity index (χ1n) is 11.8. The van der Waals surface area contributed by atoms with Crippen LogP contribution in [0.1, 0.15) is 46.8 Å². The zero-order valence-electron chi connectivity index (χ0n) is 19.0. The van der Waals surface area contributed by atoms with E-state index in [9.17, 15) is 4.79 Å². The fourth-order valence-corrected chi connectivity index (χ4v) is 4.69. The number of nitrogens with one attached hydrogen (secondary N) is 2. The molecular formula is C29H29N3O. The molecule has 0 saturated carbocycles. The van der Waals surface area contributed by atoms with Crippen LogP contribution >= 0.6 is 0 Å². The molecule has 0 saturated heterocycles. The highest BCUT2D eigenvalue weighted by Gasteiger charge is 2.21. The maximum absolute atomic E-state index is 12.7. The SMILES string of the molecule is C[C@H](CCc1ccccc1)NC(=O)c1ccc(-c2n[nH]c3c2CCCc2ccccc2-3)cc1. The Kier molecular flexibility index (Phi) is 6.07. The van der Waals surface area contributed by atoms with Gasteiger partial charge in [0.2, 0.25) is 0 Å². The number of aryl methyl sites for hydroxylation is 2. The first kappa shape index (κ1) is 21.2. The van der Waals surface area contributed by atoms with E-state index < -0.39 is 0 Å². The van der Waals surface area contributed by atoms with Gasteiger partial charge >= 0.3 is 0 Å². The van der Waals surface area contributed by atoms with Gasteiger partial charge in [0.05, 0.1) is 11.4 Å². The van der Waals surface area contributed by atoms with Gasteiger partial charge in [0.1, 0.15) is 0 Å². The highest BCUT2D eigenvalue weighted by Crippen LogP contribution is 2.36. The highest BCUT2D eigenvalue weighted by molar-refractivity contribution is 5.95. The van der Waals surface area contributed by atoms with Crippen molar-refractivity contribution in [1.29, 1.82) is 0 Å². The Morgan fingerprint density at radius 3 is 2.55 bits per heavy atom. The number of H-pyrrole nitrogens is 1. The zero-order valence-corrected chi connectivity index (χ0v) is 19.0. The van der Waals surface area contributed by atoms with E-state index >= 15 is 0 Å². The van der Waals surface area contributed by atoms with Gasteiger partial charge < -0.3 is 5.32 Å². The maximum Gasteiger partial charge on any atom is 0.251 e. The van der Waals surface area contributed by atoms with E-state index in [1.165, 1.54) is 22.3 Å². The van der Waals surface area contributed by atoms with Gasteiger partial charge in [-0.05, 0) is 62.3 Å². The van der Waals surface area contributed by atoms with Gasteiger partial charge in [-0.25, -0.2) is 0 Å². The first-order valence-corrected chi connectivity index (χ1v) is 11.8. The minimum absolute atomic E-state index is 0.0307. The molecule has 166 valence electrons. The summed E-state index contributed by atoms with van der Waals surface area (Å²) in [6.07, 6.45) is 5.05. The summed E-state index contributed by atoms with van der Waals surface area (Å²) in [7, 11) is 0. The van der Waals surface area contributed by atoms with Gasteiger partial charge in [-0.15, -0.1) is 0 Å². The van der Waals surface area contributed by atoms with E-state index in [2.05, 4.69) is 71.0 Å². The van der Waals surface area contributed by atoms with E-state index in [-0.39, 0.29) is 11.9 Å². The average Bonchev–Trinajstić information content (AvgIpc) is 3.18. The normalized spacial score (nSPS) is 13.5. The lowest BCUT2D eigenvalue weighted by Crippen LogP contribution is -2.32. The molecule has 1 atom stereocenters. The second-order valence-corrected chi connectivity index (χ2v) is 8.91. The highest BCUT2D eigenvalue weighted by atomic mass is 16.1. The number of nitrogens with zero attached hydrogens (tertiary/aromatic N) is 1. The van der Waals surface area contributed by atoms with Gasteiger partial charge in [-0.2, -0.15) is 5.10 Å². The summed E-state index contributed by atoms with van der Waals surface area (Å²) in [5.41, 5.74) is 9.04. The molecule has 4 nitrogen and oxygen atoms in total. The molecule has 1 aromatic heterocycles. The Morgan fingerprint density at radius 2 is 1.73 bits per heavy atom. The van der Waals surface area contributed by atoms with Crippen molar-refractivity contribution in [2.45, 2.75) is 45.1 Å². The molecule has 0 aliphatic heterocycles. The van der Waals surface area contributed by atoms with E-state index in [1.807, 2.05) is 30.3 Å². The van der Waals surface area contributed by atoms with E-state index in [0.717, 1.165) is 49.1 Å². The summed E-state index contributed by atoms with van der Waals surface area (Å²) in [6.45, 7) is 2.06. The Balaban J connectivity index is 1.28. The monoisotopic (exact) mass is 435 g/mol. The number of aromatic nitrogens is 2. The number of carbonyl (C=O) groups is 1. The molecule has 1 amide bonds. The van der Waals surface area contributed by atoms with Crippen molar-refractivity contribution in [3.8, 4) is 22.5 Å². The van der Waals surface area contributed by atoms with Crippen molar-refractivity contribution in [3.05, 3.63) is 101 Å². The van der Waals surface area contributed by atoms with Crippen molar-refractivity contribution in [2.75, 3.05) is 0 Å². The van der Waals surface area contributed by atoms with Crippen molar-refractivity contribution < 1.29 is 4.79 Å². The molecule has 3 aromatic carbocycles. The Labute approximate surface area is 195 Å². The molecule has 1 aliphatic rings. The fraction of sp³-hybridized carbons (Fsp3) is 0.241. The van der Waals surface area contributed by atoms with E-state index in [0.29, 0.717) is 5.56 Å². The summed E-state index contributed by atoms with van der Waals surface area (Å²) in [6, 6.07) is 26.9. The van der Waals surface area contributed by atoms with E-state index in [4.69, 9.17) is 0 Å². The summed E-state index contributed by atoms with van der Waals surface area (Å²) >= 11 is 0. The van der Waals surface area contributed by atoms with Crippen molar-refractivity contribution >= 4 is 5.91 Å². The summed E-state index contributed by atoms with van der Waals surface area (Å²) < 4.78 is 0. The van der Waals surface area contributed by atoms with Crippen LogP contribution in [0.4, 0.5) is 0 Å². The lowest BCUT2D eigenvalue weighted by molar-refractivity contribution is 0.0938. The van der Waals surface area contributed by atoms with Gasteiger partial charge in [-0.1, -0.05) is 66.7 Å². The van der Waals surface area contributed by atoms with Crippen LogP contribution in [0.5, 0.6) is 0 Å². The van der Waals surface area contributed by atoms with Crippen LogP contribution in [-0.2, 0) is 19.3 Å². The average molecular weight is 436 g/mol. The molecule has 33 heavy (non-hydrogen) atoms. The standard InChI is InChI=1S/C29H29N3O/c1-20(14-15-21-8-3-2-4-9-21)30-29(33)24-18-16-23(17-19-24)27-26-13-7-11-22-10-5-6-12-25(22)28(26)32-31-27/h2-6,8-10,12,16-20H,7,11,13-15H2,1H3,(H,30,33)(H,31,32)/t20-/m1/s1. The number of benzene rings is 3. The minimum atomic E-state index is -0.0307. The molecule has 0 radical (unpaired) electrons. The van der Waals surface area contributed by atoms with Crippen molar-refractivity contribution in [2.24, 2.45) is 0 Å². The molecule has 1 aliphatic carbocycles. The van der Waals surface area contributed by atoms with Gasteiger partial charge in [0.15, 0.2) is 0 Å². The number of aromatic amines is 1. The lowest BCUT2D eigenvalue weighted by Gasteiger charge is -2.14. The summed E-state index contributed by atoms with van der Waals surface area (Å²) in [5.74, 6) is -0.0307. The topological polar surface area (TPSA) is 57.8 Å². The molecule has 1 heterocycles. The van der Waals surface area contributed by atoms with Crippen molar-refractivity contribution in [1.82, 2.24) is 15.5 Å². The smallest absolute Gasteiger partial charge is 0.251 e. The molecule has 0 spiro atoms. The van der Waals surface area contributed by atoms with Crippen LogP contribution in [0, 0.1) is 0 Å². The third-order valence-corrected chi connectivity index (χ3v) is 6.53. The third-order valence-electron chi connectivity index (χ3n) is 6.53. The molecule has 4 heteroatoms. The summed E-state index contributed by atoms with van der Waals surface area (Å²) in [4.78, 5) is 12.7. The van der Waals surface area contributed by atoms with E-state index in [1.54, 1.807) is 0 Å². The maximum atomic E-state index is 12.7. The fourth-order valence-electron chi connectivity index (χ4n) is 4.69. The largest absolute Gasteiger partial charge is 0.350 e. The summed E-state index contributed by atoms with van der Waals surface area (Å²) in [5, 5.41) is 11.1. The van der Waals surface area contributed by atoms with Crippen LogP contribution in [0.15, 0.2) is 78.9 Å². The Hall–Kier alpha value is -3.66. The van der Waals surface area contributed by atoms with Crippen LogP contribution < -0.4 is 5.32 Å². The molecule has 0 bridgehead atoms. The number of hydrogen-bond acceptors (Lipinski definition) is 2. The molecular weight excluding hydrogens is 406 g/mol. The van der Waals surface area contributed by atoms with Crippen LogP contribution in [-0.4, -0.2) is 22.1 Å². The predicted molar refractivity (Wildman–Crippen MR) is 133 cm³/mol. The molecule has 2 N–H and O–H groups in total. The van der Waals surface area contributed by atoms with Crippen LogP contribution in [0.2, 0.25) is 0 Å². The number of fused-ring (bicyclic) bond motifs is 3. The molecule has 5 rings (SSSR count). The number of carbonyl (C=O) groups excluding carboxylic acids is 1. The molecule has 4 aromatic rings. The third kappa shape index (κ3) is 4.61. The number of rotatable bonds is 6. The quantitative estimate of drug-likeness (QED) is 0.391. The molecule has 0 unspecified atom stereocenters. The minimum Gasteiger partial charge on any atom is -0.350 e.